The quantitative estimate of drug-likeness (QED) is 0.787. The monoisotopic (exact) mass is 291 g/mol. The Labute approximate surface area is 124 Å². The van der Waals surface area contributed by atoms with Crippen molar-refractivity contribution < 1.29 is 4.39 Å². The lowest BCUT2D eigenvalue weighted by Crippen LogP contribution is -2.25. The van der Waals surface area contributed by atoms with Crippen molar-refractivity contribution in [2.24, 2.45) is 0 Å². The molecule has 0 aliphatic carbocycles. The molecule has 2 atom stereocenters. The van der Waals surface area contributed by atoms with Crippen LogP contribution < -0.4 is 5.32 Å². The van der Waals surface area contributed by atoms with Gasteiger partial charge in [-0.25, -0.2) is 4.39 Å². The third-order valence-electron chi connectivity index (χ3n) is 3.69. The number of halogens is 1. The first-order valence-corrected chi connectivity index (χ1v) is 7.92. The molecule has 1 aromatic heterocycles. The molecule has 0 spiro atoms. The summed E-state index contributed by atoms with van der Waals surface area (Å²) in [5.41, 5.74) is 2.08. The fourth-order valence-electron chi connectivity index (χ4n) is 2.66. The third kappa shape index (κ3) is 3.28. The van der Waals surface area contributed by atoms with Crippen LogP contribution in [0.3, 0.4) is 0 Å². The topological polar surface area (TPSA) is 12.0 Å². The van der Waals surface area contributed by atoms with Gasteiger partial charge in [-0.05, 0) is 44.9 Å². The Hall–Kier alpha value is -1.19. The molecule has 1 heterocycles. The summed E-state index contributed by atoms with van der Waals surface area (Å²) in [5.74, 6) is -0.128. The van der Waals surface area contributed by atoms with Gasteiger partial charge in [-0.1, -0.05) is 25.1 Å². The summed E-state index contributed by atoms with van der Waals surface area (Å²) in [7, 11) is 0. The normalized spacial score (nSPS) is 14.2. The van der Waals surface area contributed by atoms with Crippen molar-refractivity contribution >= 4 is 11.3 Å². The summed E-state index contributed by atoms with van der Waals surface area (Å²) >= 11 is 1.82. The highest BCUT2D eigenvalue weighted by atomic mass is 32.1. The Balaban J connectivity index is 2.18. The second-order valence-electron chi connectivity index (χ2n) is 5.24. The van der Waals surface area contributed by atoms with E-state index < -0.39 is 0 Å². The van der Waals surface area contributed by atoms with Gasteiger partial charge < -0.3 is 5.32 Å². The van der Waals surface area contributed by atoms with Crippen LogP contribution in [0.4, 0.5) is 4.39 Å². The molecule has 1 N–H and O–H groups in total. The Kier molecular flexibility index (Phi) is 4.95. The zero-order valence-electron chi connectivity index (χ0n) is 12.5. The average molecular weight is 291 g/mol. The molecule has 2 aromatic rings. The maximum Gasteiger partial charge on any atom is 0.127 e. The van der Waals surface area contributed by atoms with E-state index >= 15 is 0 Å². The van der Waals surface area contributed by atoms with Crippen molar-refractivity contribution in [2.45, 2.75) is 46.2 Å². The van der Waals surface area contributed by atoms with Crippen molar-refractivity contribution in [3.8, 4) is 0 Å². The van der Waals surface area contributed by atoms with Gasteiger partial charge in [0.05, 0.1) is 0 Å². The molecule has 20 heavy (non-hydrogen) atoms. The summed E-state index contributed by atoms with van der Waals surface area (Å²) in [4.78, 5) is 2.66. The highest BCUT2D eigenvalue weighted by Crippen LogP contribution is 2.29. The fourth-order valence-corrected chi connectivity index (χ4v) is 3.68. The van der Waals surface area contributed by atoms with Gasteiger partial charge in [0.15, 0.2) is 0 Å². The Morgan fingerprint density at radius 3 is 2.45 bits per heavy atom. The molecule has 0 bridgehead atoms. The first-order valence-electron chi connectivity index (χ1n) is 7.10. The minimum absolute atomic E-state index is 0.0470. The van der Waals surface area contributed by atoms with Gasteiger partial charge in [-0.15, -0.1) is 11.3 Å². The van der Waals surface area contributed by atoms with E-state index in [4.69, 9.17) is 0 Å². The van der Waals surface area contributed by atoms with Crippen LogP contribution in [0, 0.1) is 19.7 Å². The smallest absolute Gasteiger partial charge is 0.127 e. The van der Waals surface area contributed by atoms with Gasteiger partial charge in [0.1, 0.15) is 5.82 Å². The molecule has 2 rings (SSSR count). The SMILES string of the molecule is CCC(NC(C)c1cc(C)sc1C)c1ccccc1F. The van der Waals surface area contributed by atoms with Crippen molar-refractivity contribution in [3.05, 3.63) is 57.0 Å². The van der Waals surface area contributed by atoms with Crippen LogP contribution >= 0.6 is 11.3 Å². The molecule has 0 aliphatic rings. The Morgan fingerprint density at radius 2 is 1.90 bits per heavy atom. The summed E-state index contributed by atoms with van der Waals surface area (Å²) in [6, 6.07) is 9.54. The number of rotatable bonds is 5. The molecule has 0 amide bonds. The van der Waals surface area contributed by atoms with Crippen molar-refractivity contribution in [1.82, 2.24) is 5.32 Å². The van der Waals surface area contributed by atoms with E-state index in [0.29, 0.717) is 0 Å². The van der Waals surface area contributed by atoms with Crippen LogP contribution in [0.5, 0.6) is 0 Å². The fraction of sp³-hybridized carbons (Fsp3) is 0.412. The van der Waals surface area contributed by atoms with Crippen LogP contribution in [0.25, 0.3) is 0 Å². The second kappa shape index (κ2) is 6.51. The van der Waals surface area contributed by atoms with Crippen LogP contribution in [0.1, 0.15) is 53.2 Å². The van der Waals surface area contributed by atoms with Gasteiger partial charge in [0.25, 0.3) is 0 Å². The van der Waals surface area contributed by atoms with Crippen LogP contribution in [-0.4, -0.2) is 0 Å². The van der Waals surface area contributed by atoms with Gasteiger partial charge >= 0.3 is 0 Å². The highest BCUT2D eigenvalue weighted by molar-refractivity contribution is 7.12. The van der Waals surface area contributed by atoms with E-state index in [-0.39, 0.29) is 17.9 Å². The Bertz CT molecular complexity index is 576. The van der Waals surface area contributed by atoms with Gasteiger partial charge in [0, 0.05) is 27.4 Å². The second-order valence-corrected chi connectivity index (χ2v) is 6.70. The highest BCUT2D eigenvalue weighted by Gasteiger charge is 2.18. The zero-order valence-corrected chi connectivity index (χ0v) is 13.4. The minimum atomic E-state index is -0.128. The molecular formula is C17H22FNS. The van der Waals surface area contributed by atoms with E-state index in [0.717, 1.165) is 12.0 Å². The number of hydrogen-bond acceptors (Lipinski definition) is 2. The zero-order chi connectivity index (χ0) is 14.7. The standard InChI is InChI=1S/C17H22FNS/c1-5-17(14-8-6-7-9-16(14)18)19-12(3)15-10-11(2)20-13(15)4/h6-10,12,17,19H,5H2,1-4H3. The minimum Gasteiger partial charge on any atom is -0.303 e. The number of hydrogen-bond donors (Lipinski definition) is 1. The van der Waals surface area contributed by atoms with Crippen molar-refractivity contribution in [2.75, 3.05) is 0 Å². The number of benzene rings is 1. The molecule has 2 unspecified atom stereocenters. The van der Waals surface area contributed by atoms with E-state index in [1.165, 1.54) is 21.4 Å². The van der Waals surface area contributed by atoms with Crippen LogP contribution in [0.2, 0.25) is 0 Å². The van der Waals surface area contributed by atoms with E-state index in [1.54, 1.807) is 6.07 Å². The van der Waals surface area contributed by atoms with Crippen LogP contribution in [0.15, 0.2) is 30.3 Å². The predicted molar refractivity (Wildman–Crippen MR) is 84.8 cm³/mol. The first kappa shape index (κ1) is 15.2. The van der Waals surface area contributed by atoms with Crippen molar-refractivity contribution in [3.63, 3.8) is 0 Å². The first-order chi connectivity index (χ1) is 9.52. The van der Waals surface area contributed by atoms with E-state index in [2.05, 4.69) is 39.1 Å². The summed E-state index contributed by atoms with van der Waals surface area (Å²) in [5, 5.41) is 3.56. The van der Waals surface area contributed by atoms with E-state index in [1.807, 2.05) is 23.5 Å². The van der Waals surface area contributed by atoms with Crippen molar-refractivity contribution in [1.29, 1.82) is 0 Å². The molecule has 0 saturated heterocycles. The molecule has 3 heteroatoms. The summed E-state index contributed by atoms with van der Waals surface area (Å²) < 4.78 is 13.9. The number of nitrogens with one attached hydrogen (secondary N) is 1. The third-order valence-corrected chi connectivity index (χ3v) is 4.67. The lowest BCUT2D eigenvalue weighted by molar-refractivity contribution is 0.439. The van der Waals surface area contributed by atoms with Gasteiger partial charge in [-0.2, -0.15) is 0 Å². The molecule has 108 valence electrons. The predicted octanol–water partition coefficient (Wildman–Crippen LogP) is 5.31. The number of aryl methyl sites for hydroxylation is 2. The summed E-state index contributed by atoms with van der Waals surface area (Å²) in [6.07, 6.45) is 0.868. The molecule has 1 nitrogen and oxygen atoms in total. The molecule has 1 aromatic carbocycles. The molecule has 0 fully saturated rings. The molecule has 0 aliphatic heterocycles. The lowest BCUT2D eigenvalue weighted by atomic mass is 10.0. The molecular weight excluding hydrogens is 269 g/mol. The van der Waals surface area contributed by atoms with Gasteiger partial charge in [-0.3, -0.25) is 0 Å². The average Bonchev–Trinajstić information content (AvgIpc) is 2.76. The van der Waals surface area contributed by atoms with E-state index in [9.17, 15) is 4.39 Å². The summed E-state index contributed by atoms with van der Waals surface area (Å²) in [6.45, 7) is 8.51. The number of thiophene rings is 1. The molecule has 0 radical (unpaired) electrons. The maximum atomic E-state index is 13.9. The lowest BCUT2D eigenvalue weighted by Gasteiger charge is -2.23. The molecule has 0 saturated carbocycles. The Morgan fingerprint density at radius 1 is 1.20 bits per heavy atom. The maximum absolute atomic E-state index is 13.9. The van der Waals surface area contributed by atoms with Crippen LogP contribution in [-0.2, 0) is 0 Å². The largest absolute Gasteiger partial charge is 0.303 e. The van der Waals surface area contributed by atoms with Gasteiger partial charge in [0.2, 0.25) is 0 Å².